The lowest BCUT2D eigenvalue weighted by molar-refractivity contribution is -0.136. The molecule has 16 heavy (non-hydrogen) atoms. The van der Waals surface area contributed by atoms with Crippen molar-refractivity contribution in [3.63, 3.8) is 0 Å². The van der Waals surface area contributed by atoms with Gasteiger partial charge in [-0.15, -0.1) is 0 Å². The highest BCUT2D eigenvalue weighted by Gasteiger charge is 1.95. The molecule has 0 aromatic rings. The van der Waals surface area contributed by atoms with E-state index in [1.165, 1.54) is 14.0 Å². The zero-order chi connectivity index (χ0) is 13.6. The highest BCUT2D eigenvalue weighted by molar-refractivity contribution is 5.86. The van der Waals surface area contributed by atoms with Gasteiger partial charge in [-0.1, -0.05) is 19.7 Å². The standard InChI is InChI=1S/C5H8O2.C4H6O2.C2H4O/c1-4(2)5(6)7-3;1-3-6-4(2)5;1-2-3/h1H2,2-3H3;3H,1H2,2H3;2-3H,1H2. The van der Waals surface area contributed by atoms with Crippen LogP contribution in [0.1, 0.15) is 13.8 Å². The lowest BCUT2D eigenvalue weighted by atomic mass is 10.4. The number of methoxy groups -OCH3 is 1. The van der Waals surface area contributed by atoms with Gasteiger partial charge in [-0.3, -0.25) is 4.79 Å². The Kier molecular flexibility index (Phi) is 18.8. The first-order valence-electron chi connectivity index (χ1n) is 4.14. The van der Waals surface area contributed by atoms with E-state index in [2.05, 4.69) is 29.2 Å². The summed E-state index contributed by atoms with van der Waals surface area (Å²) in [5.41, 5.74) is 0.433. The zero-order valence-electron chi connectivity index (χ0n) is 9.86. The van der Waals surface area contributed by atoms with Gasteiger partial charge in [0.2, 0.25) is 0 Å². The Morgan fingerprint density at radius 2 is 1.62 bits per heavy atom. The molecule has 0 rings (SSSR count). The van der Waals surface area contributed by atoms with Crippen LogP contribution in [0.2, 0.25) is 0 Å². The number of rotatable bonds is 2. The fourth-order valence-electron chi connectivity index (χ4n) is 0.292. The molecule has 1 N–H and O–H groups in total. The molecule has 0 heterocycles. The van der Waals surface area contributed by atoms with Gasteiger partial charge in [0.05, 0.1) is 19.6 Å². The molecular formula is C11H18O5. The maximum absolute atomic E-state index is 10.2. The van der Waals surface area contributed by atoms with Crippen molar-refractivity contribution >= 4 is 11.9 Å². The molecular weight excluding hydrogens is 212 g/mol. The van der Waals surface area contributed by atoms with E-state index in [0.29, 0.717) is 5.57 Å². The molecule has 0 atom stereocenters. The van der Waals surface area contributed by atoms with Crippen molar-refractivity contribution in [3.8, 4) is 0 Å². The van der Waals surface area contributed by atoms with E-state index in [9.17, 15) is 9.59 Å². The van der Waals surface area contributed by atoms with Crippen LogP contribution in [0.3, 0.4) is 0 Å². The molecule has 92 valence electrons. The maximum atomic E-state index is 10.2. The highest BCUT2D eigenvalue weighted by Crippen LogP contribution is 1.87. The molecule has 0 aromatic heterocycles. The minimum Gasteiger partial charge on any atom is -0.516 e. The SMILES string of the molecule is C=C(C)C(=O)OC.C=CO.C=COC(C)=O. The molecule has 0 unspecified atom stereocenters. The van der Waals surface area contributed by atoms with Crippen LogP contribution >= 0.6 is 0 Å². The molecule has 0 spiro atoms. The molecule has 0 saturated carbocycles. The van der Waals surface area contributed by atoms with Crippen LogP contribution in [0.5, 0.6) is 0 Å². The van der Waals surface area contributed by atoms with Gasteiger partial charge in [0.15, 0.2) is 0 Å². The summed E-state index contributed by atoms with van der Waals surface area (Å²) in [4.78, 5) is 19.9. The Labute approximate surface area is 95.7 Å². The summed E-state index contributed by atoms with van der Waals surface area (Å²) in [7, 11) is 1.33. The van der Waals surface area contributed by atoms with Crippen LogP contribution in [-0.4, -0.2) is 24.2 Å². The van der Waals surface area contributed by atoms with Crippen molar-refractivity contribution in [1.29, 1.82) is 0 Å². The lowest BCUT2D eigenvalue weighted by Crippen LogP contribution is -1.98. The van der Waals surface area contributed by atoms with E-state index < -0.39 is 0 Å². The summed E-state index contributed by atoms with van der Waals surface area (Å²) >= 11 is 0. The first kappa shape index (κ1) is 19.5. The van der Waals surface area contributed by atoms with Gasteiger partial charge in [-0.05, 0) is 6.92 Å². The summed E-state index contributed by atoms with van der Waals surface area (Å²) in [6.45, 7) is 12.3. The number of hydrogen-bond acceptors (Lipinski definition) is 5. The van der Waals surface area contributed by atoms with Gasteiger partial charge in [0.25, 0.3) is 0 Å². The Balaban J connectivity index is -0.000000172. The number of ether oxygens (including phenoxy) is 2. The number of aliphatic hydroxyl groups is 1. The molecule has 5 heteroatoms. The van der Waals surface area contributed by atoms with E-state index in [1.807, 2.05) is 0 Å². The van der Waals surface area contributed by atoms with Crippen molar-refractivity contribution in [2.24, 2.45) is 0 Å². The third kappa shape index (κ3) is 29.7. The Morgan fingerprint density at radius 1 is 1.25 bits per heavy atom. The summed E-state index contributed by atoms with van der Waals surface area (Å²) < 4.78 is 8.44. The third-order valence-electron chi connectivity index (χ3n) is 0.783. The Morgan fingerprint density at radius 3 is 1.62 bits per heavy atom. The van der Waals surface area contributed by atoms with Gasteiger partial charge in [-0.25, -0.2) is 4.79 Å². The van der Waals surface area contributed by atoms with E-state index in [0.717, 1.165) is 12.5 Å². The molecule has 0 fully saturated rings. The van der Waals surface area contributed by atoms with Crippen LogP contribution in [0, 0.1) is 0 Å². The zero-order valence-corrected chi connectivity index (χ0v) is 9.86. The average Bonchev–Trinajstić information content (AvgIpc) is 2.18. The summed E-state index contributed by atoms with van der Waals surface area (Å²) in [6.07, 6.45) is 1.85. The normalized spacial score (nSPS) is 6.69. The molecule has 0 radical (unpaired) electrons. The fourth-order valence-corrected chi connectivity index (χ4v) is 0.292. The molecule has 0 saturated heterocycles. The van der Waals surface area contributed by atoms with Crippen LogP contribution in [0.25, 0.3) is 0 Å². The van der Waals surface area contributed by atoms with Gasteiger partial charge < -0.3 is 14.6 Å². The molecule has 0 amide bonds. The van der Waals surface area contributed by atoms with Gasteiger partial charge in [0, 0.05) is 12.5 Å². The van der Waals surface area contributed by atoms with Crippen molar-refractivity contribution in [2.45, 2.75) is 13.8 Å². The molecule has 0 aliphatic carbocycles. The molecule has 0 aliphatic rings. The van der Waals surface area contributed by atoms with Crippen molar-refractivity contribution < 1.29 is 24.2 Å². The van der Waals surface area contributed by atoms with Gasteiger partial charge in [-0.2, -0.15) is 0 Å². The van der Waals surface area contributed by atoms with Crippen LogP contribution < -0.4 is 0 Å². The molecule has 0 aliphatic heterocycles. The number of carbonyl (C=O) groups excluding carboxylic acids is 2. The quantitative estimate of drug-likeness (QED) is 0.447. The molecule has 5 nitrogen and oxygen atoms in total. The second-order valence-corrected chi connectivity index (χ2v) is 2.23. The molecule has 0 aromatic carbocycles. The Bertz CT molecular complexity index is 243. The number of hydrogen-bond donors (Lipinski definition) is 1. The highest BCUT2D eigenvalue weighted by atomic mass is 16.5. The Hall–Kier alpha value is -2.04. The van der Waals surface area contributed by atoms with Gasteiger partial charge in [0.1, 0.15) is 0 Å². The largest absolute Gasteiger partial charge is 0.516 e. The topological polar surface area (TPSA) is 72.8 Å². The van der Waals surface area contributed by atoms with E-state index >= 15 is 0 Å². The van der Waals surface area contributed by atoms with E-state index in [4.69, 9.17) is 5.11 Å². The monoisotopic (exact) mass is 230 g/mol. The van der Waals surface area contributed by atoms with Gasteiger partial charge >= 0.3 is 11.9 Å². The second-order valence-electron chi connectivity index (χ2n) is 2.23. The first-order chi connectivity index (χ1) is 7.37. The summed E-state index contributed by atoms with van der Waals surface area (Å²) in [5.74, 6) is -0.676. The van der Waals surface area contributed by atoms with E-state index in [1.54, 1.807) is 6.92 Å². The fraction of sp³-hybridized carbons (Fsp3) is 0.273. The maximum Gasteiger partial charge on any atom is 0.332 e. The first-order valence-corrected chi connectivity index (χ1v) is 4.14. The summed E-state index contributed by atoms with van der Waals surface area (Å²) in [5, 5.41) is 7.33. The lowest BCUT2D eigenvalue weighted by Gasteiger charge is -1.91. The smallest absolute Gasteiger partial charge is 0.332 e. The van der Waals surface area contributed by atoms with E-state index in [-0.39, 0.29) is 11.9 Å². The van der Waals surface area contributed by atoms with Crippen LogP contribution in [0.15, 0.2) is 37.8 Å². The average molecular weight is 230 g/mol. The minimum atomic E-state index is -0.347. The molecule has 0 bridgehead atoms. The number of aliphatic hydroxyl groups excluding tert-OH is 1. The summed E-state index contributed by atoms with van der Waals surface area (Å²) in [6, 6.07) is 0. The van der Waals surface area contributed by atoms with Crippen LogP contribution in [0.4, 0.5) is 0 Å². The number of esters is 2. The third-order valence-corrected chi connectivity index (χ3v) is 0.783. The minimum absolute atomic E-state index is 0.329. The number of carbonyl (C=O) groups is 2. The van der Waals surface area contributed by atoms with Crippen molar-refractivity contribution in [3.05, 3.63) is 37.8 Å². The van der Waals surface area contributed by atoms with Crippen molar-refractivity contribution in [2.75, 3.05) is 7.11 Å². The predicted molar refractivity (Wildman–Crippen MR) is 61.6 cm³/mol. The van der Waals surface area contributed by atoms with Crippen molar-refractivity contribution in [1.82, 2.24) is 0 Å². The second kappa shape index (κ2) is 15.4. The predicted octanol–water partition coefficient (Wildman–Crippen LogP) is 2.12. The van der Waals surface area contributed by atoms with Crippen LogP contribution in [-0.2, 0) is 19.1 Å².